The minimum atomic E-state index is 0.000512. The lowest BCUT2D eigenvalue weighted by atomic mass is 10.1. The summed E-state index contributed by atoms with van der Waals surface area (Å²) in [5.41, 5.74) is 1.65. The van der Waals surface area contributed by atoms with Crippen molar-refractivity contribution in [3.05, 3.63) is 63.6 Å². The Morgan fingerprint density at radius 2 is 1.58 bits per heavy atom. The number of anilines is 1. The quantitative estimate of drug-likeness (QED) is 0.653. The molecule has 136 valence electrons. The summed E-state index contributed by atoms with van der Waals surface area (Å²) in [7, 11) is 0. The number of halogens is 2. The van der Waals surface area contributed by atoms with Crippen molar-refractivity contribution < 1.29 is 9.59 Å². The number of rotatable bonds is 5. The molecule has 0 unspecified atom stereocenters. The highest BCUT2D eigenvalue weighted by molar-refractivity contribution is 9.10. The Bertz CT molecular complexity index is 787. The zero-order valence-electron chi connectivity index (χ0n) is 14.3. The monoisotopic (exact) mass is 434 g/mol. The largest absolute Gasteiger partial charge is 0.367 e. The molecule has 1 fully saturated rings. The lowest BCUT2D eigenvalue weighted by molar-refractivity contribution is -0.131. The Hall–Kier alpha value is -1.85. The van der Waals surface area contributed by atoms with Crippen molar-refractivity contribution >= 4 is 44.9 Å². The van der Waals surface area contributed by atoms with Crippen LogP contribution in [0.5, 0.6) is 0 Å². The highest BCUT2D eigenvalue weighted by Gasteiger charge is 2.22. The molecule has 1 aliphatic rings. The van der Waals surface area contributed by atoms with Crippen LogP contribution in [0.15, 0.2) is 53.0 Å². The van der Waals surface area contributed by atoms with Gasteiger partial charge in [-0.15, -0.1) is 0 Å². The van der Waals surface area contributed by atoms with Crippen LogP contribution in [0.25, 0.3) is 0 Å². The van der Waals surface area contributed by atoms with Crippen molar-refractivity contribution in [1.82, 2.24) is 4.90 Å². The molecule has 1 aliphatic heterocycles. The van der Waals surface area contributed by atoms with E-state index in [0.29, 0.717) is 18.7 Å². The van der Waals surface area contributed by atoms with Gasteiger partial charge in [0.1, 0.15) is 0 Å². The lowest BCUT2D eigenvalue weighted by Crippen LogP contribution is -2.48. The van der Waals surface area contributed by atoms with E-state index >= 15 is 0 Å². The second kappa shape index (κ2) is 8.69. The molecule has 0 atom stereocenters. The van der Waals surface area contributed by atoms with Gasteiger partial charge >= 0.3 is 0 Å². The first-order valence-electron chi connectivity index (χ1n) is 8.60. The second-order valence-electron chi connectivity index (χ2n) is 6.25. The van der Waals surface area contributed by atoms with Crippen LogP contribution in [0.2, 0.25) is 5.02 Å². The Morgan fingerprint density at radius 1 is 0.923 bits per heavy atom. The van der Waals surface area contributed by atoms with Crippen LogP contribution < -0.4 is 4.90 Å². The van der Waals surface area contributed by atoms with Crippen LogP contribution in [0, 0.1) is 0 Å². The Balaban J connectivity index is 1.48. The van der Waals surface area contributed by atoms with Crippen LogP contribution in [-0.2, 0) is 4.79 Å². The van der Waals surface area contributed by atoms with Gasteiger partial charge in [0.05, 0.1) is 10.7 Å². The summed E-state index contributed by atoms with van der Waals surface area (Å²) in [5.74, 6) is 0.0369. The summed E-state index contributed by atoms with van der Waals surface area (Å²) in [6.45, 7) is 2.79. The molecule has 4 nitrogen and oxygen atoms in total. The van der Waals surface area contributed by atoms with Crippen LogP contribution >= 0.6 is 27.5 Å². The van der Waals surface area contributed by atoms with E-state index in [1.54, 1.807) is 12.1 Å². The van der Waals surface area contributed by atoms with E-state index in [1.165, 1.54) is 0 Å². The highest BCUT2D eigenvalue weighted by Crippen LogP contribution is 2.26. The number of carbonyl (C=O) groups excluding carboxylic acids is 2. The molecule has 0 bridgehead atoms. The number of Topliss-reactive ketones (excluding diaryl/α,β-unsaturated/α-hetero) is 1. The summed E-state index contributed by atoms with van der Waals surface area (Å²) in [6, 6.07) is 15.0. The first-order valence-corrected chi connectivity index (χ1v) is 9.78. The molecule has 0 aliphatic carbocycles. The van der Waals surface area contributed by atoms with E-state index in [1.807, 2.05) is 41.3 Å². The Kier molecular flexibility index (Phi) is 6.33. The first-order chi connectivity index (χ1) is 12.5. The number of benzene rings is 2. The standard InChI is InChI=1S/C20H20BrClN2O2/c21-16-7-5-15(6-8-16)19(25)9-10-20(26)24-13-11-23(12-14-24)18-4-2-1-3-17(18)22/h1-8H,9-14H2. The summed E-state index contributed by atoms with van der Waals surface area (Å²) in [4.78, 5) is 28.7. The van der Waals surface area contributed by atoms with Gasteiger partial charge in [-0.3, -0.25) is 9.59 Å². The lowest BCUT2D eigenvalue weighted by Gasteiger charge is -2.36. The number of carbonyl (C=O) groups is 2. The average molecular weight is 436 g/mol. The van der Waals surface area contributed by atoms with E-state index in [2.05, 4.69) is 20.8 Å². The Morgan fingerprint density at radius 3 is 2.23 bits per heavy atom. The maximum Gasteiger partial charge on any atom is 0.223 e. The average Bonchev–Trinajstić information content (AvgIpc) is 2.67. The Labute approximate surface area is 166 Å². The number of ketones is 1. The van der Waals surface area contributed by atoms with Gasteiger partial charge in [-0.2, -0.15) is 0 Å². The highest BCUT2D eigenvalue weighted by atomic mass is 79.9. The SMILES string of the molecule is O=C(CCC(=O)N1CCN(c2ccccc2Cl)CC1)c1ccc(Br)cc1. The van der Waals surface area contributed by atoms with E-state index in [9.17, 15) is 9.59 Å². The number of hydrogen-bond donors (Lipinski definition) is 0. The summed E-state index contributed by atoms with van der Waals surface area (Å²) >= 11 is 9.60. The maximum atomic E-state index is 12.4. The van der Waals surface area contributed by atoms with Crippen molar-refractivity contribution in [1.29, 1.82) is 0 Å². The molecule has 1 heterocycles. The second-order valence-corrected chi connectivity index (χ2v) is 7.57. The molecule has 6 heteroatoms. The third kappa shape index (κ3) is 4.65. The smallest absolute Gasteiger partial charge is 0.223 e. The van der Waals surface area contributed by atoms with Crippen molar-refractivity contribution in [2.75, 3.05) is 31.1 Å². The fourth-order valence-corrected chi connectivity index (χ4v) is 3.58. The molecule has 0 spiro atoms. The number of amides is 1. The van der Waals surface area contributed by atoms with Crippen molar-refractivity contribution in [3.63, 3.8) is 0 Å². The molecule has 0 radical (unpaired) electrons. The van der Waals surface area contributed by atoms with Crippen LogP contribution in [0.1, 0.15) is 23.2 Å². The van der Waals surface area contributed by atoms with Gasteiger partial charge in [-0.05, 0) is 24.3 Å². The predicted octanol–water partition coefficient (Wildman–Crippen LogP) is 4.41. The molecule has 2 aromatic rings. The minimum Gasteiger partial charge on any atom is -0.367 e. The third-order valence-corrected chi connectivity index (χ3v) is 5.41. The molecular formula is C20H20BrClN2O2. The van der Waals surface area contributed by atoms with E-state index in [0.717, 1.165) is 28.3 Å². The van der Waals surface area contributed by atoms with Crippen LogP contribution in [-0.4, -0.2) is 42.8 Å². The molecule has 0 N–H and O–H groups in total. The van der Waals surface area contributed by atoms with Crippen LogP contribution in [0.3, 0.4) is 0 Å². The topological polar surface area (TPSA) is 40.6 Å². The fraction of sp³-hybridized carbons (Fsp3) is 0.300. The predicted molar refractivity (Wildman–Crippen MR) is 108 cm³/mol. The molecule has 1 saturated heterocycles. The third-order valence-electron chi connectivity index (χ3n) is 4.56. The summed E-state index contributed by atoms with van der Waals surface area (Å²) in [5, 5.41) is 0.729. The van der Waals surface area contributed by atoms with Gasteiger partial charge in [-0.1, -0.05) is 51.8 Å². The van der Waals surface area contributed by atoms with Crippen LogP contribution in [0.4, 0.5) is 5.69 Å². The summed E-state index contributed by atoms with van der Waals surface area (Å²) in [6.07, 6.45) is 0.492. The number of hydrogen-bond acceptors (Lipinski definition) is 3. The number of para-hydroxylation sites is 1. The van der Waals surface area contributed by atoms with Gasteiger partial charge in [0, 0.05) is 49.1 Å². The molecule has 0 saturated carbocycles. The maximum absolute atomic E-state index is 12.4. The fourth-order valence-electron chi connectivity index (χ4n) is 3.06. The van der Waals surface area contributed by atoms with E-state index < -0.39 is 0 Å². The molecule has 3 rings (SSSR count). The first kappa shape index (κ1) is 18.9. The van der Waals surface area contributed by atoms with Gasteiger partial charge in [0.25, 0.3) is 0 Å². The molecule has 0 aromatic heterocycles. The van der Waals surface area contributed by atoms with Crippen molar-refractivity contribution in [3.8, 4) is 0 Å². The zero-order valence-corrected chi connectivity index (χ0v) is 16.7. The van der Waals surface area contributed by atoms with E-state index in [-0.39, 0.29) is 24.5 Å². The summed E-state index contributed by atoms with van der Waals surface area (Å²) < 4.78 is 0.932. The molecule has 2 aromatic carbocycles. The minimum absolute atomic E-state index is 0.000512. The molecular weight excluding hydrogens is 416 g/mol. The normalized spacial score (nSPS) is 14.4. The van der Waals surface area contributed by atoms with Crippen molar-refractivity contribution in [2.45, 2.75) is 12.8 Å². The van der Waals surface area contributed by atoms with Gasteiger partial charge in [0.15, 0.2) is 5.78 Å². The van der Waals surface area contributed by atoms with E-state index in [4.69, 9.17) is 11.6 Å². The molecule has 26 heavy (non-hydrogen) atoms. The number of piperazine rings is 1. The zero-order chi connectivity index (χ0) is 18.5. The van der Waals surface area contributed by atoms with Gasteiger partial charge in [-0.25, -0.2) is 0 Å². The van der Waals surface area contributed by atoms with Gasteiger partial charge < -0.3 is 9.80 Å². The van der Waals surface area contributed by atoms with Gasteiger partial charge in [0.2, 0.25) is 5.91 Å². The molecule has 1 amide bonds. The number of nitrogens with zero attached hydrogens (tertiary/aromatic N) is 2. The van der Waals surface area contributed by atoms with Crippen molar-refractivity contribution in [2.24, 2.45) is 0 Å².